The molecule has 19 heavy (non-hydrogen) atoms. The van der Waals surface area contributed by atoms with Crippen molar-refractivity contribution in [3.05, 3.63) is 29.8 Å². The molecule has 5 heteroatoms. The molecule has 1 aromatic carbocycles. The van der Waals surface area contributed by atoms with Gasteiger partial charge in [-0.25, -0.2) is 0 Å². The highest BCUT2D eigenvalue weighted by molar-refractivity contribution is 5.80. The molecule has 0 aliphatic heterocycles. The van der Waals surface area contributed by atoms with Crippen molar-refractivity contribution in [2.24, 2.45) is 0 Å². The lowest BCUT2D eigenvalue weighted by Crippen LogP contribution is -2.26. The summed E-state index contributed by atoms with van der Waals surface area (Å²) in [6, 6.07) is 7.77. The smallest absolute Gasteiger partial charge is 0.239 e. The lowest BCUT2D eigenvalue weighted by molar-refractivity contribution is -0.128. The predicted octanol–water partition coefficient (Wildman–Crippen LogP) is 0.865. The largest absolute Gasteiger partial charge is 0.376 e. The molecule has 2 N–H and O–H groups in total. The first-order valence-electron chi connectivity index (χ1n) is 6.26. The normalized spacial score (nSPS) is 9.84. The second-order valence-electron chi connectivity index (χ2n) is 4.52. The minimum Gasteiger partial charge on any atom is -0.376 e. The van der Waals surface area contributed by atoms with Crippen LogP contribution in [-0.2, 0) is 16.0 Å². The van der Waals surface area contributed by atoms with Gasteiger partial charge < -0.3 is 15.5 Å². The number of aryl methyl sites for hydroxylation is 1. The van der Waals surface area contributed by atoms with E-state index in [0.29, 0.717) is 12.8 Å². The second kappa shape index (κ2) is 7.41. The van der Waals surface area contributed by atoms with E-state index >= 15 is 0 Å². The summed E-state index contributed by atoms with van der Waals surface area (Å²) >= 11 is 0. The molecular formula is C14H21N3O2. The van der Waals surface area contributed by atoms with Gasteiger partial charge in [0.25, 0.3) is 0 Å². The number of carbonyl (C=O) groups is 2. The summed E-state index contributed by atoms with van der Waals surface area (Å²) in [7, 11) is 5.11. The molecule has 5 nitrogen and oxygen atoms in total. The second-order valence-corrected chi connectivity index (χ2v) is 4.52. The number of carbonyl (C=O) groups excluding carboxylic acids is 2. The van der Waals surface area contributed by atoms with Crippen molar-refractivity contribution in [1.82, 2.24) is 10.2 Å². The maximum absolute atomic E-state index is 11.5. The van der Waals surface area contributed by atoms with E-state index in [4.69, 9.17) is 0 Å². The zero-order valence-electron chi connectivity index (χ0n) is 11.7. The number of benzene rings is 1. The van der Waals surface area contributed by atoms with Crippen molar-refractivity contribution < 1.29 is 9.59 Å². The Morgan fingerprint density at radius 2 is 2.00 bits per heavy atom. The lowest BCUT2D eigenvalue weighted by Gasteiger charge is -2.11. The van der Waals surface area contributed by atoms with E-state index in [0.717, 1.165) is 11.3 Å². The molecule has 1 rings (SSSR count). The van der Waals surface area contributed by atoms with Crippen LogP contribution in [0.15, 0.2) is 24.3 Å². The van der Waals surface area contributed by atoms with Crippen LogP contribution in [0.2, 0.25) is 0 Å². The number of rotatable bonds is 6. The zero-order valence-corrected chi connectivity index (χ0v) is 11.7. The highest BCUT2D eigenvalue weighted by atomic mass is 16.2. The quantitative estimate of drug-likeness (QED) is 0.800. The summed E-state index contributed by atoms with van der Waals surface area (Å²) in [5.41, 5.74) is 1.97. The van der Waals surface area contributed by atoms with Crippen molar-refractivity contribution in [1.29, 1.82) is 0 Å². The Morgan fingerprint density at radius 1 is 1.26 bits per heavy atom. The van der Waals surface area contributed by atoms with Crippen LogP contribution in [0.3, 0.4) is 0 Å². The molecule has 0 aromatic heterocycles. The van der Waals surface area contributed by atoms with Gasteiger partial charge in [0.15, 0.2) is 0 Å². The maximum Gasteiger partial charge on any atom is 0.239 e. The van der Waals surface area contributed by atoms with Gasteiger partial charge in [-0.3, -0.25) is 9.59 Å². The number of amides is 2. The molecular weight excluding hydrogens is 242 g/mol. The van der Waals surface area contributed by atoms with Gasteiger partial charge in [0.2, 0.25) is 11.8 Å². The van der Waals surface area contributed by atoms with Crippen LogP contribution >= 0.6 is 0 Å². The lowest BCUT2D eigenvalue weighted by atomic mass is 10.1. The molecule has 0 atom stereocenters. The fourth-order valence-corrected chi connectivity index (χ4v) is 1.58. The number of hydrogen-bond acceptors (Lipinski definition) is 3. The Hall–Kier alpha value is -2.04. The Morgan fingerprint density at radius 3 is 2.63 bits per heavy atom. The van der Waals surface area contributed by atoms with Crippen molar-refractivity contribution in [3.63, 3.8) is 0 Å². The van der Waals surface area contributed by atoms with Gasteiger partial charge in [0.05, 0.1) is 6.54 Å². The van der Waals surface area contributed by atoms with Crippen LogP contribution in [0.5, 0.6) is 0 Å². The van der Waals surface area contributed by atoms with Crippen LogP contribution < -0.4 is 10.6 Å². The fourth-order valence-electron chi connectivity index (χ4n) is 1.58. The standard InChI is InChI=1S/C14H21N3O2/c1-15-13(18)10-16-12-6-4-5-11(9-12)7-8-14(19)17(2)3/h4-6,9,16H,7-8,10H2,1-3H3,(H,15,18). The summed E-state index contributed by atoms with van der Waals surface area (Å²) in [6.07, 6.45) is 1.19. The average molecular weight is 263 g/mol. The molecule has 0 aliphatic carbocycles. The highest BCUT2D eigenvalue weighted by Crippen LogP contribution is 2.12. The number of hydrogen-bond donors (Lipinski definition) is 2. The molecule has 0 saturated heterocycles. The first-order chi connectivity index (χ1) is 9.02. The Bertz CT molecular complexity index is 444. The minimum absolute atomic E-state index is 0.0619. The van der Waals surface area contributed by atoms with E-state index in [1.165, 1.54) is 0 Å². The number of nitrogens with zero attached hydrogens (tertiary/aromatic N) is 1. The van der Waals surface area contributed by atoms with E-state index in [9.17, 15) is 9.59 Å². The summed E-state index contributed by atoms with van der Waals surface area (Å²) in [6.45, 7) is 0.247. The zero-order chi connectivity index (χ0) is 14.3. The van der Waals surface area contributed by atoms with Gasteiger partial charge in [-0.15, -0.1) is 0 Å². The molecule has 0 aliphatic rings. The molecule has 1 aromatic rings. The molecule has 104 valence electrons. The van der Waals surface area contributed by atoms with Gasteiger partial charge in [0.1, 0.15) is 0 Å². The fraction of sp³-hybridized carbons (Fsp3) is 0.429. The number of anilines is 1. The molecule has 2 amide bonds. The molecule has 0 fully saturated rings. The van der Waals surface area contributed by atoms with Gasteiger partial charge in [0, 0.05) is 33.3 Å². The monoisotopic (exact) mass is 263 g/mol. The van der Waals surface area contributed by atoms with E-state index in [2.05, 4.69) is 10.6 Å². The summed E-state index contributed by atoms with van der Waals surface area (Å²) in [5.74, 6) is 0.0527. The topological polar surface area (TPSA) is 61.4 Å². The van der Waals surface area contributed by atoms with Crippen LogP contribution in [0.25, 0.3) is 0 Å². The summed E-state index contributed by atoms with van der Waals surface area (Å²) in [4.78, 5) is 24.2. The third-order valence-corrected chi connectivity index (χ3v) is 2.79. The van der Waals surface area contributed by atoms with E-state index in [1.807, 2.05) is 24.3 Å². The summed E-state index contributed by atoms with van der Waals surface area (Å²) < 4.78 is 0. The number of likely N-dealkylation sites (N-methyl/N-ethyl adjacent to an activating group) is 1. The number of nitrogens with one attached hydrogen (secondary N) is 2. The van der Waals surface area contributed by atoms with Gasteiger partial charge in [-0.2, -0.15) is 0 Å². The van der Waals surface area contributed by atoms with Gasteiger partial charge in [-0.1, -0.05) is 12.1 Å². The van der Waals surface area contributed by atoms with Crippen LogP contribution in [0.4, 0.5) is 5.69 Å². The molecule has 0 heterocycles. The van der Waals surface area contributed by atoms with Crippen molar-refractivity contribution in [2.45, 2.75) is 12.8 Å². The van der Waals surface area contributed by atoms with Crippen molar-refractivity contribution in [3.8, 4) is 0 Å². The molecule has 0 bridgehead atoms. The third-order valence-electron chi connectivity index (χ3n) is 2.79. The van der Waals surface area contributed by atoms with E-state index < -0.39 is 0 Å². The average Bonchev–Trinajstić information content (AvgIpc) is 2.42. The van der Waals surface area contributed by atoms with E-state index in [1.54, 1.807) is 26.0 Å². The Balaban J connectivity index is 2.52. The Kier molecular flexibility index (Phi) is 5.85. The first kappa shape index (κ1) is 15.0. The molecule has 0 unspecified atom stereocenters. The van der Waals surface area contributed by atoms with Crippen molar-refractivity contribution in [2.75, 3.05) is 33.0 Å². The SMILES string of the molecule is CNC(=O)CNc1cccc(CCC(=O)N(C)C)c1. The first-order valence-corrected chi connectivity index (χ1v) is 6.26. The van der Waals surface area contributed by atoms with Crippen molar-refractivity contribution >= 4 is 17.5 Å². The van der Waals surface area contributed by atoms with Crippen LogP contribution in [0, 0.1) is 0 Å². The van der Waals surface area contributed by atoms with E-state index in [-0.39, 0.29) is 18.4 Å². The predicted molar refractivity (Wildman–Crippen MR) is 76.0 cm³/mol. The highest BCUT2D eigenvalue weighted by Gasteiger charge is 2.05. The van der Waals surface area contributed by atoms with Crippen LogP contribution in [-0.4, -0.2) is 44.4 Å². The molecule has 0 saturated carbocycles. The van der Waals surface area contributed by atoms with Gasteiger partial charge >= 0.3 is 0 Å². The maximum atomic E-state index is 11.5. The molecule has 0 spiro atoms. The van der Waals surface area contributed by atoms with Crippen LogP contribution in [0.1, 0.15) is 12.0 Å². The minimum atomic E-state index is -0.0619. The van der Waals surface area contributed by atoms with Gasteiger partial charge in [-0.05, 0) is 24.1 Å². The third kappa shape index (κ3) is 5.42. The summed E-state index contributed by atoms with van der Waals surface area (Å²) in [5, 5.41) is 5.59. The Labute approximate surface area is 114 Å². The molecule has 0 radical (unpaired) electrons.